The molecule has 0 unspecified atom stereocenters. The van der Waals surface area contributed by atoms with E-state index in [0.29, 0.717) is 24.5 Å². The first-order valence-corrected chi connectivity index (χ1v) is 10.9. The second-order valence-corrected chi connectivity index (χ2v) is 7.71. The molecule has 1 aromatic heterocycles. The molecule has 0 atom stereocenters. The van der Waals surface area contributed by atoms with Crippen LogP contribution in [0, 0.1) is 0 Å². The van der Waals surface area contributed by atoms with Crippen molar-refractivity contribution in [2.45, 2.75) is 33.4 Å². The van der Waals surface area contributed by atoms with Gasteiger partial charge in [0.25, 0.3) is 5.56 Å². The second kappa shape index (κ2) is 9.27. The molecule has 160 valence electrons. The normalized spacial score (nSPS) is 13.6. The van der Waals surface area contributed by atoms with Crippen molar-refractivity contribution in [3.8, 4) is 11.4 Å². The minimum Gasteiger partial charge on any atom is -0.311 e. The number of anilines is 1. The maximum Gasteiger partial charge on any atom is 0.259 e. The average Bonchev–Trinajstić information content (AvgIpc) is 2.82. The number of amides is 1. The van der Waals surface area contributed by atoms with Crippen molar-refractivity contribution in [2.75, 3.05) is 24.5 Å². The van der Waals surface area contributed by atoms with E-state index < -0.39 is 0 Å². The lowest BCUT2D eigenvalue weighted by Gasteiger charge is -2.28. The number of hydrogen-bond acceptors (Lipinski definition) is 4. The van der Waals surface area contributed by atoms with Crippen LogP contribution in [0.4, 0.5) is 5.69 Å². The summed E-state index contributed by atoms with van der Waals surface area (Å²) in [6, 6.07) is 19.2. The molecule has 2 heterocycles. The zero-order valence-electron chi connectivity index (χ0n) is 18.1. The molecular formula is C25H28N4O2. The van der Waals surface area contributed by atoms with Crippen LogP contribution < -0.4 is 10.5 Å². The van der Waals surface area contributed by atoms with Gasteiger partial charge in [0.2, 0.25) is 5.91 Å². The molecule has 6 nitrogen and oxygen atoms in total. The van der Waals surface area contributed by atoms with E-state index in [4.69, 9.17) is 4.98 Å². The molecule has 0 bridgehead atoms. The molecule has 0 saturated heterocycles. The van der Waals surface area contributed by atoms with E-state index in [2.05, 4.69) is 11.8 Å². The van der Waals surface area contributed by atoms with Crippen molar-refractivity contribution in [3.63, 3.8) is 0 Å². The Labute approximate surface area is 182 Å². The van der Waals surface area contributed by atoms with Gasteiger partial charge in [-0.05, 0) is 25.6 Å². The van der Waals surface area contributed by atoms with Crippen LogP contribution in [-0.2, 0) is 24.3 Å². The first kappa shape index (κ1) is 21.0. The van der Waals surface area contributed by atoms with Crippen molar-refractivity contribution < 1.29 is 4.79 Å². The standard InChI is InChI=1S/C25H28N4O2/c1-3-27-16-15-22-21(17-27)25(31)29(24(26-22)19-11-7-5-8-12-19)18-23(30)28(4-2)20-13-9-6-10-14-20/h5-14H,3-4,15-18H2,1-2H3. The fraction of sp³-hybridized carbons (Fsp3) is 0.320. The third-order valence-electron chi connectivity index (χ3n) is 5.85. The van der Waals surface area contributed by atoms with Crippen LogP contribution in [0.3, 0.4) is 0 Å². The highest BCUT2D eigenvalue weighted by Crippen LogP contribution is 2.21. The molecule has 1 amide bonds. The van der Waals surface area contributed by atoms with Gasteiger partial charge in [-0.25, -0.2) is 4.98 Å². The van der Waals surface area contributed by atoms with Gasteiger partial charge < -0.3 is 4.90 Å². The molecule has 1 aliphatic rings. The van der Waals surface area contributed by atoms with Crippen LogP contribution in [0.1, 0.15) is 25.1 Å². The van der Waals surface area contributed by atoms with Gasteiger partial charge in [-0.1, -0.05) is 55.5 Å². The Kier molecular flexibility index (Phi) is 6.28. The number of hydrogen-bond donors (Lipinski definition) is 0. The van der Waals surface area contributed by atoms with Gasteiger partial charge in [-0.15, -0.1) is 0 Å². The molecule has 3 aromatic rings. The molecule has 1 aliphatic heterocycles. The highest BCUT2D eigenvalue weighted by Gasteiger charge is 2.25. The van der Waals surface area contributed by atoms with Crippen molar-refractivity contribution >= 4 is 11.6 Å². The maximum atomic E-state index is 13.6. The summed E-state index contributed by atoms with van der Waals surface area (Å²) in [7, 11) is 0. The van der Waals surface area contributed by atoms with Gasteiger partial charge in [0, 0.05) is 37.3 Å². The van der Waals surface area contributed by atoms with Crippen molar-refractivity contribution in [2.24, 2.45) is 0 Å². The molecule has 0 fully saturated rings. The number of aromatic nitrogens is 2. The van der Waals surface area contributed by atoms with Crippen LogP contribution in [0.15, 0.2) is 65.5 Å². The van der Waals surface area contributed by atoms with Crippen molar-refractivity contribution in [1.82, 2.24) is 14.5 Å². The second-order valence-electron chi connectivity index (χ2n) is 7.71. The number of carbonyl (C=O) groups is 1. The monoisotopic (exact) mass is 416 g/mol. The largest absolute Gasteiger partial charge is 0.311 e. The first-order valence-electron chi connectivity index (χ1n) is 10.9. The number of nitrogens with zero attached hydrogens (tertiary/aromatic N) is 4. The van der Waals surface area contributed by atoms with Crippen molar-refractivity contribution in [3.05, 3.63) is 82.3 Å². The lowest BCUT2D eigenvalue weighted by Crippen LogP contribution is -2.41. The predicted molar refractivity (Wildman–Crippen MR) is 123 cm³/mol. The highest BCUT2D eigenvalue weighted by atomic mass is 16.2. The number of fused-ring (bicyclic) bond motifs is 1. The quantitative estimate of drug-likeness (QED) is 0.618. The van der Waals surface area contributed by atoms with E-state index in [0.717, 1.165) is 36.5 Å². The van der Waals surface area contributed by atoms with E-state index in [1.54, 1.807) is 9.47 Å². The summed E-state index contributed by atoms with van der Waals surface area (Å²) in [4.78, 5) is 35.7. The average molecular weight is 417 g/mol. The van der Waals surface area contributed by atoms with Gasteiger partial charge in [-0.3, -0.25) is 19.1 Å². The van der Waals surface area contributed by atoms with Crippen LogP contribution in [0.25, 0.3) is 11.4 Å². The lowest BCUT2D eigenvalue weighted by molar-refractivity contribution is -0.119. The first-order chi connectivity index (χ1) is 15.1. The molecule has 0 saturated carbocycles. The Morgan fingerprint density at radius 3 is 2.35 bits per heavy atom. The number of para-hydroxylation sites is 1. The highest BCUT2D eigenvalue weighted by molar-refractivity contribution is 5.93. The maximum absolute atomic E-state index is 13.6. The Hall–Kier alpha value is -3.25. The Morgan fingerprint density at radius 1 is 1.03 bits per heavy atom. The SMILES string of the molecule is CCN1CCc2nc(-c3ccccc3)n(CC(=O)N(CC)c3ccccc3)c(=O)c2C1. The molecule has 2 aromatic carbocycles. The molecule has 4 rings (SSSR count). The summed E-state index contributed by atoms with van der Waals surface area (Å²) >= 11 is 0. The van der Waals surface area contributed by atoms with Gasteiger partial charge >= 0.3 is 0 Å². The summed E-state index contributed by atoms with van der Waals surface area (Å²) in [6.45, 7) is 6.88. The van der Waals surface area contributed by atoms with Crippen LogP contribution in [-0.4, -0.2) is 40.0 Å². The van der Waals surface area contributed by atoms with Crippen LogP contribution in [0.5, 0.6) is 0 Å². The van der Waals surface area contributed by atoms with E-state index in [1.165, 1.54) is 0 Å². The molecule has 0 aliphatic carbocycles. The fourth-order valence-electron chi connectivity index (χ4n) is 4.13. The topological polar surface area (TPSA) is 58.4 Å². The van der Waals surface area contributed by atoms with E-state index in [9.17, 15) is 9.59 Å². The summed E-state index contributed by atoms with van der Waals surface area (Å²) in [5, 5.41) is 0. The van der Waals surface area contributed by atoms with Crippen molar-refractivity contribution in [1.29, 1.82) is 0 Å². The Morgan fingerprint density at radius 2 is 1.71 bits per heavy atom. The summed E-state index contributed by atoms with van der Waals surface area (Å²) in [5.74, 6) is 0.435. The van der Waals surface area contributed by atoms with Crippen LogP contribution in [0.2, 0.25) is 0 Å². The summed E-state index contributed by atoms with van der Waals surface area (Å²) in [5.41, 5.74) is 3.12. The van der Waals surface area contributed by atoms with Gasteiger partial charge in [0.15, 0.2) is 0 Å². The van der Waals surface area contributed by atoms with Gasteiger partial charge in [0.05, 0.1) is 11.3 Å². The number of carbonyl (C=O) groups excluding carboxylic acids is 1. The van der Waals surface area contributed by atoms with E-state index in [-0.39, 0.29) is 18.0 Å². The number of benzene rings is 2. The fourth-order valence-corrected chi connectivity index (χ4v) is 4.13. The summed E-state index contributed by atoms with van der Waals surface area (Å²) < 4.78 is 1.56. The molecule has 0 radical (unpaired) electrons. The molecule has 31 heavy (non-hydrogen) atoms. The predicted octanol–water partition coefficient (Wildman–Crippen LogP) is 3.34. The van der Waals surface area contributed by atoms with Crippen LogP contribution >= 0.6 is 0 Å². The third-order valence-corrected chi connectivity index (χ3v) is 5.85. The Bertz CT molecular complexity index is 1110. The van der Waals surface area contributed by atoms with E-state index in [1.807, 2.05) is 67.6 Å². The zero-order valence-corrected chi connectivity index (χ0v) is 18.1. The number of likely N-dealkylation sites (N-methyl/N-ethyl adjacent to an activating group) is 2. The molecular weight excluding hydrogens is 388 g/mol. The molecule has 6 heteroatoms. The minimum absolute atomic E-state index is 0.0435. The van der Waals surface area contributed by atoms with Gasteiger partial charge in [0.1, 0.15) is 12.4 Å². The Balaban J connectivity index is 1.78. The molecule has 0 spiro atoms. The summed E-state index contributed by atoms with van der Waals surface area (Å²) in [6.07, 6.45) is 0.748. The number of rotatable bonds is 6. The minimum atomic E-state index is -0.127. The third kappa shape index (κ3) is 4.30. The van der Waals surface area contributed by atoms with E-state index >= 15 is 0 Å². The molecule has 0 N–H and O–H groups in total. The zero-order chi connectivity index (χ0) is 21.8. The smallest absolute Gasteiger partial charge is 0.259 e. The lowest BCUT2D eigenvalue weighted by atomic mass is 10.1. The van der Waals surface area contributed by atoms with Gasteiger partial charge in [-0.2, -0.15) is 0 Å².